The Labute approximate surface area is 132 Å². The number of ether oxygens (including phenoxy) is 3. The van der Waals surface area contributed by atoms with Crippen LogP contribution in [0.1, 0.15) is 31.2 Å². The van der Waals surface area contributed by atoms with Gasteiger partial charge in [0.25, 0.3) is 0 Å². The van der Waals surface area contributed by atoms with E-state index >= 15 is 0 Å². The van der Waals surface area contributed by atoms with Gasteiger partial charge < -0.3 is 19.5 Å². The molecule has 0 bridgehead atoms. The Morgan fingerprint density at radius 2 is 2.32 bits per heavy atom. The molecule has 5 nitrogen and oxygen atoms in total. The number of hydrogen-bond acceptors (Lipinski definition) is 5. The average molecular weight is 304 g/mol. The van der Waals surface area contributed by atoms with E-state index in [1.165, 1.54) is 0 Å². The van der Waals surface area contributed by atoms with E-state index in [9.17, 15) is 0 Å². The summed E-state index contributed by atoms with van der Waals surface area (Å²) < 4.78 is 16.5. The first-order valence-electron chi connectivity index (χ1n) is 7.81. The lowest BCUT2D eigenvalue weighted by atomic mass is 10.1. The highest BCUT2D eigenvalue weighted by atomic mass is 16.5. The standard InChI is InChI=1S/C17H24N2O3/c1-20-16-7-6-14(11-17(16)22-10-3-2-8-18)12-19-15-5-4-9-21-13-15/h6-7,11,15,19H,2-5,9-10,12-13H2,1H3. The van der Waals surface area contributed by atoms with E-state index in [2.05, 4.69) is 11.4 Å². The molecule has 0 spiro atoms. The van der Waals surface area contributed by atoms with Crippen molar-refractivity contribution < 1.29 is 14.2 Å². The topological polar surface area (TPSA) is 63.5 Å². The van der Waals surface area contributed by atoms with E-state index in [-0.39, 0.29) is 0 Å². The molecule has 0 aliphatic carbocycles. The van der Waals surface area contributed by atoms with Gasteiger partial charge in [-0.1, -0.05) is 6.07 Å². The summed E-state index contributed by atoms with van der Waals surface area (Å²) in [7, 11) is 1.63. The van der Waals surface area contributed by atoms with Crippen LogP contribution in [0.4, 0.5) is 0 Å². The molecule has 120 valence electrons. The summed E-state index contributed by atoms with van der Waals surface area (Å²) in [4.78, 5) is 0. The fourth-order valence-electron chi connectivity index (χ4n) is 2.44. The number of benzene rings is 1. The lowest BCUT2D eigenvalue weighted by Crippen LogP contribution is -2.36. The number of nitrogens with zero attached hydrogens (tertiary/aromatic N) is 1. The van der Waals surface area contributed by atoms with Gasteiger partial charge in [-0.2, -0.15) is 5.26 Å². The summed E-state index contributed by atoms with van der Waals surface area (Å²) in [5.41, 5.74) is 1.15. The number of hydrogen-bond donors (Lipinski definition) is 1. The lowest BCUT2D eigenvalue weighted by Gasteiger charge is -2.23. The van der Waals surface area contributed by atoms with Crippen molar-refractivity contribution in [2.45, 2.75) is 38.3 Å². The van der Waals surface area contributed by atoms with Crippen molar-refractivity contribution in [2.24, 2.45) is 0 Å². The average Bonchev–Trinajstić information content (AvgIpc) is 2.58. The van der Waals surface area contributed by atoms with Crippen molar-refractivity contribution in [1.82, 2.24) is 5.32 Å². The third-order valence-electron chi connectivity index (χ3n) is 3.67. The monoisotopic (exact) mass is 304 g/mol. The quantitative estimate of drug-likeness (QED) is 0.748. The van der Waals surface area contributed by atoms with Crippen LogP contribution in [0, 0.1) is 11.3 Å². The molecule has 1 atom stereocenters. The largest absolute Gasteiger partial charge is 0.493 e. The number of nitrogens with one attached hydrogen (secondary N) is 1. The van der Waals surface area contributed by atoms with E-state index in [0.29, 0.717) is 19.1 Å². The molecule has 5 heteroatoms. The fraction of sp³-hybridized carbons (Fsp3) is 0.588. The summed E-state index contributed by atoms with van der Waals surface area (Å²) in [6.45, 7) is 2.97. The van der Waals surface area contributed by atoms with Crippen LogP contribution in [0.2, 0.25) is 0 Å². The van der Waals surface area contributed by atoms with Gasteiger partial charge in [0.15, 0.2) is 11.5 Å². The molecule has 22 heavy (non-hydrogen) atoms. The van der Waals surface area contributed by atoms with Crippen LogP contribution in [-0.2, 0) is 11.3 Å². The highest BCUT2D eigenvalue weighted by Crippen LogP contribution is 2.28. The molecule has 1 saturated heterocycles. The van der Waals surface area contributed by atoms with Crippen LogP contribution in [0.3, 0.4) is 0 Å². The van der Waals surface area contributed by atoms with Crippen molar-refractivity contribution in [2.75, 3.05) is 26.9 Å². The van der Waals surface area contributed by atoms with Crippen LogP contribution >= 0.6 is 0 Å². The van der Waals surface area contributed by atoms with Crippen LogP contribution < -0.4 is 14.8 Å². The molecule has 1 N–H and O–H groups in total. The predicted octanol–water partition coefficient (Wildman–Crippen LogP) is 2.65. The SMILES string of the molecule is COc1ccc(CNC2CCCOC2)cc1OCCCC#N. The Bertz CT molecular complexity index is 493. The maximum atomic E-state index is 8.55. The number of rotatable bonds is 8. The van der Waals surface area contributed by atoms with Crippen LogP contribution in [-0.4, -0.2) is 33.0 Å². The second-order valence-electron chi connectivity index (χ2n) is 5.39. The molecule has 1 aliphatic rings. The molecule has 0 aromatic heterocycles. The van der Waals surface area contributed by atoms with Gasteiger partial charge in [0, 0.05) is 25.6 Å². The second-order valence-corrected chi connectivity index (χ2v) is 5.39. The van der Waals surface area contributed by atoms with Gasteiger partial charge in [-0.25, -0.2) is 0 Å². The highest BCUT2D eigenvalue weighted by Gasteiger charge is 2.13. The molecule has 1 aliphatic heterocycles. The Morgan fingerprint density at radius 1 is 1.41 bits per heavy atom. The molecular weight excluding hydrogens is 280 g/mol. The van der Waals surface area contributed by atoms with Gasteiger partial charge in [-0.3, -0.25) is 0 Å². The van der Waals surface area contributed by atoms with Gasteiger partial charge in [-0.05, 0) is 37.0 Å². The maximum Gasteiger partial charge on any atom is 0.161 e. The smallest absolute Gasteiger partial charge is 0.161 e. The Balaban J connectivity index is 1.89. The maximum absolute atomic E-state index is 8.55. The molecule has 1 fully saturated rings. The first-order valence-corrected chi connectivity index (χ1v) is 7.81. The van der Waals surface area contributed by atoms with Crippen LogP contribution in [0.5, 0.6) is 11.5 Å². The van der Waals surface area contributed by atoms with E-state index in [0.717, 1.165) is 56.1 Å². The van der Waals surface area contributed by atoms with Crippen molar-refractivity contribution in [3.63, 3.8) is 0 Å². The fourth-order valence-corrected chi connectivity index (χ4v) is 2.44. The summed E-state index contributed by atoms with van der Waals surface area (Å²) in [6, 6.07) is 8.51. The number of nitriles is 1. The minimum atomic E-state index is 0.427. The normalized spacial score (nSPS) is 17.7. The molecule has 0 amide bonds. The summed E-state index contributed by atoms with van der Waals surface area (Å²) in [6.07, 6.45) is 3.51. The highest BCUT2D eigenvalue weighted by molar-refractivity contribution is 5.43. The van der Waals surface area contributed by atoms with E-state index in [4.69, 9.17) is 19.5 Å². The molecule has 0 radical (unpaired) electrons. The second kappa shape index (κ2) is 9.29. The molecule has 2 rings (SSSR count). The number of methoxy groups -OCH3 is 1. The Kier molecular flexibility index (Phi) is 7.01. The first-order chi connectivity index (χ1) is 10.8. The van der Waals surface area contributed by atoms with Crippen LogP contribution in [0.15, 0.2) is 18.2 Å². The zero-order valence-electron chi connectivity index (χ0n) is 13.1. The molecule has 0 saturated carbocycles. The minimum absolute atomic E-state index is 0.427. The summed E-state index contributed by atoms with van der Waals surface area (Å²) in [5.74, 6) is 1.46. The predicted molar refractivity (Wildman–Crippen MR) is 84.0 cm³/mol. The zero-order chi connectivity index (χ0) is 15.6. The van der Waals surface area contributed by atoms with Crippen molar-refractivity contribution in [1.29, 1.82) is 5.26 Å². The molecular formula is C17H24N2O3. The van der Waals surface area contributed by atoms with E-state index in [1.807, 2.05) is 18.2 Å². The minimum Gasteiger partial charge on any atom is -0.493 e. The van der Waals surface area contributed by atoms with E-state index < -0.39 is 0 Å². The third-order valence-corrected chi connectivity index (χ3v) is 3.67. The van der Waals surface area contributed by atoms with Gasteiger partial charge in [-0.15, -0.1) is 0 Å². The molecule has 1 unspecified atom stereocenters. The summed E-state index contributed by atoms with van der Waals surface area (Å²) >= 11 is 0. The van der Waals surface area contributed by atoms with Gasteiger partial charge in [0.2, 0.25) is 0 Å². The lowest BCUT2D eigenvalue weighted by molar-refractivity contribution is 0.0699. The summed E-state index contributed by atoms with van der Waals surface area (Å²) in [5, 5.41) is 12.1. The zero-order valence-corrected chi connectivity index (χ0v) is 13.1. The van der Waals surface area contributed by atoms with Gasteiger partial charge >= 0.3 is 0 Å². The van der Waals surface area contributed by atoms with Crippen molar-refractivity contribution >= 4 is 0 Å². The third kappa shape index (κ3) is 5.21. The van der Waals surface area contributed by atoms with E-state index in [1.54, 1.807) is 7.11 Å². The van der Waals surface area contributed by atoms with Crippen molar-refractivity contribution in [3.8, 4) is 17.6 Å². The van der Waals surface area contributed by atoms with Gasteiger partial charge in [0.1, 0.15) is 0 Å². The Hall–Kier alpha value is -1.77. The van der Waals surface area contributed by atoms with Gasteiger partial charge in [0.05, 0.1) is 26.4 Å². The number of unbranched alkanes of at least 4 members (excludes halogenated alkanes) is 1. The molecule has 1 aromatic carbocycles. The molecule has 1 aromatic rings. The molecule has 1 heterocycles. The first kappa shape index (κ1) is 16.6. The van der Waals surface area contributed by atoms with Crippen LogP contribution in [0.25, 0.3) is 0 Å². The Morgan fingerprint density at radius 3 is 3.05 bits per heavy atom. The van der Waals surface area contributed by atoms with Crippen molar-refractivity contribution in [3.05, 3.63) is 23.8 Å².